The summed E-state index contributed by atoms with van der Waals surface area (Å²) in [5.74, 6) is -1.22. The minimum absolute atomic E-state index is 0.425. The first-order valence-electron chi connectivity index (χ1n) is 4.19. The van der Waals surface area contributed by atoms with E-state index in [9.17, 15) is 14.7 Å². The van der Waals surface area contributed by atoms with Crippen LogP contribution in [0.4, 0.5) is 0 Å². The zero-order valence-corrected chi connectivity index (χ0v) is 8.10. The molecular formula is C8H15NO5. The smallest absolute Gasteiger partial charge is 0.229 e. The van der Waals surface area contributed by atoms with Gasteiger partial charge in [0.15, 0.2) is 0 Å². The molecule has 0 aromatic rings. The Balaban J connectivity index is 3.99. The maximum atomic E-state index is 10.9. The third-order valence-electron chi connectivity index (χ3n) is 1.60. The van der Waals surface area contributed by atoms with Gasteiger partial charge in [0.05, 0.1) is 18.6 Å². The molecule has 0 saturated carbocycles. The Bertz CT molecular complexity index is 216. The van der Waals surface area contributed by atoms with Crippen molar-refractivity contribution in [1.82, 2.24) is 5.32 Å². The zero-order chi connectivity index (χ0) is 11.3. The van der Waals surface area contributed by atoms with Gasteiger partial charge in [-0.05, 0) is 6.92 Å². The maximum Gasteiger partial charge on any atom is 0.229 e. The van der Waals surface area contributed by atoms with Crippen LogP contribution in [0.1, 0.15) is 20.3 Å². The first-order chi connectivity index (χ1) is 6.34. The highest BCUT2D eigenvalue weighted by Crippen LogP contribution is 2.03. The lowest BCUT2D eigenvalue weighted by molar-refractivity contribution is -0.132. The van der Waals surface area contributed by atoms with Crippen molar-refractivity contribution in [2.75, 3.05) is 0 Å². The predicted octanol–water partition coefficient (Wildman–Crippen LogP) is -1.86. The fourth-order valence-corrected chi connectivity index (χ4v) is 0.880. The molecule has 0 aliphatic rings. The van der Waals surface area contributed by atoms with E-state index in [0.717, 1.165) is 6.92 Å². The third kappa shape index (κ3) is 4.90. The molecule has 0 radical (unpaired) electrons. The van der Waals surface area contributed by atoms with Crippen LogP contribution in [0.5, 0.6) is 0 Å². The van der Waals surface area contributed by atoms with Crippen molar-refractivity contribution < 1.29 is 24.9 Å². The van der Waals surface area contributed by atoms with E-state index in [1.807, 2.05) is 5.32 Å². The Morgan fingerprint density at radius 3 is 2.14 bits per heavy atom. The summed E-state index contributed by atoms with van der Waals surface area (Å²) in [6.07, 6.45) is -4.33. The first-order valence-corrected chi connectivity index (χ1v) is 4.19. The second kappa shape index (κ2) is 5.69. The molecule has 82 valence electrons. The highest BCUT2D eigenvalue weighted by Gasteiger charge is 2.23. The quantitative estimate of drug-likeness (QED) is 0.430. The Kier molecular flexibility index (Phi) is 5.29. The summed E-state index contributed by atoms with van der Waals surface area (Å²) in [5.41, 5.74) is 0. The van der Waals surface area contributed by atoms with E-state index in [1.54, 1.807) is 0 Å². The number of amides is 2. The molecule has 3 atom stereocenters. The number of hydrogen-bond donors (Lipinski definition) is 4. The monoisotopic (exact) mass is 205 g/mol. The third-order valence-corrected chi connectivity index (χ3v) is 1.60. The van der Waals surface area contributed by atoms with Crippen LogP contribution in [-0.4, -0.2) is 45.4 Å². The van der Waals surface area contributed by atoms with Gasteiger partial charge in [0, 0.05) is 6.92 Å². The SMILES string of the molecule is CC(=O)NC(=O)C[C@H](O)[C@H](O)[C@H](C)O. The summed E-state index contributed by atoms with van der Waals surface area (Å²) in [7, 11) is 0. The molecular weight excluding hydrogens is 190 g/mol. The molecule has 0 aromatic heterocycles. The average Bonchev–Trinajstić information content (AvgIpc) is 2.00. The van der Waals surface area contributed by atoms with Crippen molar-refractivity contribution in [3.63, 3.8) is 0 Å². The number of imide groups is 1. The van der Waals surface area contributed by atoms with Crippen molar-refractivity contribution in [3.05, 3.63) is 0 Å². The van der Waals surface area contributed by atoms with Crippen LogP contribution in [0, 0.1) is 0 Å². The number of rotatable bonds is 4. The van der Waals surface area contributed by atoms with Gasteiger partial charge in [-0.2, -0.15) is 0 Å². The van der Waals surface area contributed by atoms with Gasteiger partial charge in [0.2, 0.25) is 11.8 Å². The molecule has 0 unspecified atom stereocenters. The summed E-state index contributed by atoms with van der Waals surface area (Å²) in [4.78, 5) is 21.3. The predicted molar refractivity (Wildman–Crippen MR) is 47.1 cm³/mol. The fourth-order valence-electron chi connectivity index (χ4n) is 0.880. The Labute approximate surface area is 81.5 Å². The topological polar surface area (TPSA) is 107 Å². The standard InChI is InChI=1S/C8H15NO5/c1-4(10)8(14)6(12)3-7(13)9-5(2)11/h4,6,8,10,12,14H,3H2,1-2H3,(H,9,11,13)/t4-,6-,8+/m0/s1. The van der Waals surface area contributed by atoms with E-state index in [2.05, 4.69) is 0 Å². The second-order valence-electron chi connectivity index (χ2n) is 3.11. The van der Waals surface area contributed by atoms with Gasteiger partial charge in [0.25, 0.3) is 0 Å². The van der Waals surface area contributed by atoms with Crippen molar-refractivity contribution in [2.45, 2.75) is 38.6 Å². The number of carbonyl (C=O) groups is 2. The largest absolute Gasteiger partial charge is 0.391 e. The maximum absolute atomic E-state index is 10.9. The van der Waals surface area contributed by atoms with E-state index >= 15 is 0 Å². The highest BCUT2D eigenvalue weighted by atomic mass is 16.4. The molecule has 0 aromatic carbocycles. The van der Waals surface area contributed by atoms with E-state index in [1.165, 1.54) is 6.92 Å². The number of hydrogen-bond acceptors (Lipinski definition) is 5. The van der Waals surface area contributed by atoms with Gasteiger partial charge >= 0.3 is 0 Å². The normalized spacial score (nSPS) is 16.9. The van der Waals surface area contributed by atoms with Crippen LogP contribution < -0.4 is 5.32 Å². The molecule has 0 fully saturated rings. The van der Waals surface area contributed by atoms with Crippen LogP contribution >= 0.6 is 0 Å². The summed E-state index contributed by atoms with van der Waals surface area (Å²) in [6, 6.07) is 0. The van der Waals surface area contributed by atoms with Gasteiger partial charge in [-0.1, -0.05) is 0 Å². The lowest BCUT2D eigenvalue weighted by Crippen LogP contribution is -2.40. The van der Waals surface area contributed by atoms with Gasteiger partial charge in [-0.3, -0.25) is 14.9 Å². The molecule has 14 heavy (non-hydrogen) atoms. The summed E-state index contributed by atoms with van der Waals surface area (Å²) >= 11 is 0. The summed E-state index contributed by atoms with van der Waals surface area (Å²) in [5, 5.41) is 29.1. The number of nitrogens with one attached hydrogen (secondary N) is 1. The molecule has 6 nitrogen and oxygen atoms in total. The van der Waals surface area contributed by atoms with Gasteiger partial charge in [0.1, 0.15) is 6.10 Å². The molecule has 2 amide bonds. The first kappa shape index (κ1) is 13.0. The van der Waals surface area contributed by atoms with E-state index in [4.69, 9.17) is 10.2 Å². The minimum Gasteiger partial charge on any atom is -0.391 e. The van der Waals surface area contributed by atoms with Crippen molar-refractivity contribution in [1.29, 1.82) is 0 Å². The summed E-state index contributed by atoms with van der Waals surface area (Å²) < 4.78 is 0. The lowest BCUT2D eigenvalue weighted by atomic mass is 10.1. The molecule has 0 spiro atoms. The van der Waals surface area contributed by atoms with Crippen LogP contribution in [0.25, 0.3) is 0 Å². The molecule has 6 heteroatoms. The Morgan fingerprint density at radius 1 is 1.29 bits per heavy atom. The molecule has 0 saturated heterocycles. The Morgan fingerprint density at radius 2 is 1.79 bits per heavy atom. The van der Waals surface area contributed by atoms with E-state index in [-0.39, 0.29) is 0 Å². The van der Waals surface area contributed by atoms with Gasteiger partial charge < -0.3 is 15.3 Å². The minimum atomic E-state index is -1.40. The molecule has 0 heterocycles. The van der Waals surface area contributed by atoms with Gasteiger partial charge in [-0.25, -0.2) is 0 Å². The average molecular weight is 205 g/mol. The van der Waals surface area contributed by atoms with Crippen LogP contribution in [-0.2, 0) is 9.59 Å². The van der Waals surface area contributed by atoms with Crippen LogP contribution in [0.15, 0.2) is 0 Å². The molecule has 4 N–H and O–H groups in total. The van der Waals surface area contributed by atoms with Crippen molar-refractivity contribution in [3.8, 4) is 0 Å². The van der Waals surface area contributed by atoms with Crippen molar-refractivity contribution >= 4 is 11.8 Å². The number of aliphatic hydroxyl groups excluding tert-OH is 3. The second-order valence-corrected chi connectivity index (χ2v) is 3.11. The fraction of sp³-hybridized carbons (Fsp3) is 0.750. The van der Waals surface area contributed by atoms with E-state index < -0.39 is 36.5 Å². The number of aliphatic hydroxyl groups is 3. The molecule has 0 aliphatic heterocycles. The Hall–Kier alpha value is -0.980. The molecule has 0 rings (SSSR count). The molecule has 0 bridgehead atoms. The molecule has 0 aliphatic carbocycles. The summed E-state index contributed by atoms with van der Waals surface area (Å²) in [6.45, 7) is 2.45. The zero-order valence-electron chi connectivity index (χ0n) is 8.10. The van der Waals surface area contributed by atoms with Crippen LogP contribution in [0.3, 0.4) is 0 Å². The van der Waals surface area contributed by atoms with Gasteiger partial charge in [-0.15, -0.1) is 0 Å². The lowest BCUT2D eigenvalue weighted by Gasteiger charge is -2.19. The highest BCUT2D eigenvalue weighted by molar-refractivity contribution is 5.94. The van der Waals surface area contributed by atoms with E-state index in [0.29, 0.717) is 0 Å². The van der Waals surface area contributed by atoms with Crippen molar-refractivity contribution in [2.24, 2.45) is 0 Å². The van der Waals surface area contributed by atoms with Crippen LogP contribution in [0.2, 0.25) is 0 Å². The number of carbonyl (C=O) groups excluding carboxylic acids is 2.